The molecule has 164 valence electrons. The molecule has 5 nitrogen and oxygen atoms in total. The van der Waals surface area contributed by atoms with Crippen molar-refractivity contribution in [1.82, 2.24) is 14.5 Å². The number of anilines is 1. The topological polar surface area (TPSA) is 59.8 Å². The third-order valence-corrected chi connectivity index (χ3v) is 5.43. The first-order chi connectivity index (χ1) is 15.2. The van der Waals surface area contributed by atoms with Gasteiger partial charge in [-0.3, -0.25) is 9.36 Å². The van der Waals surface area contributed by atoms with Crippen molar-refractivity contribution in [2.45, 2.75) is 26.1 Å². The summed E-state index contributed by atoms with van der Waals surface area (Å²) < 4.78 is 40.6. The fraction of sp³-hybridized carbons (Fsp3) is 0.174. The normalized spacial score (nSPS) is 12.7. The van der Waals surface area contributed by atoms with Gasteiger partial charge in [-0.25, -0.2) is 9.97 Å². The Kier molecular flexibility index (Phi) is 5.64. The van der Waals surface area contributed by atoms with Crippen LogP contribution < -0.4 is 10.9 Å². The van der Waals surface area contributed by atoms with Crippen LogP contribution >= 0.6 is 11.6 Å². The van der Waals surface area contributed by atoms with Crippen molar-refractivity contribution in [2.75, 3.05) is 5.32 Å². The van der Waals surface area contributed by atoms with E-state index in [1.54, 1.807) is 37.3 Å². The summed E-state index contributed by atoms with van der Waals surface area (Å²) in [6, 6.07) is 15.5. The lowest BCUT2D eigenvalue weighted by Crippen LogP contribution is -2.26. The van der Waals surface area contributed by atoms with Gasteiger partial charge < -0.3 is 5.32 Å². The fourth-order valence-corrected chi connectivity index (χ4v) is 3.85. The summed E-state index contributed by atoms with van der Waals surface area (Å²) in [5.41, 5.74) is -0.165. The number of halogens is 4. The molecule has 1 N–H and O–H groups in total. The first-order valence-corrected chi connectivity index (χ1v) is 10.1. The number of fused-ring (bicyclic) bond motifs is 1. The van der Waals surface area contributed by atoms with Gasteiger partial charge in [0.15, 0.2) is 0 Å². The second-order valence-corrected chi connectivity index (χ2v) is 7.71. The highest BCUT2D eigenvalue weighted by Crippen LogP contribution is 2.31. The number of hydrogen-bond donors (Lipinski definition) is 1. The van der Waals surface area contributed by atoms with Gasteiger partial charge in [0.1, 0.15) is 0 Å². The lowest BCUT2D eigenvalue weighted by Gasteiger charge is -2.21. The number of nitrogens with zero attached hydrogens (tertiary/aromatic N) is 3. The van der Waals surface area contributed by atoms with Crippen molar-refractivity contribution >= 4 is 28.3 Å². The molecule has 0 radical (unpaired) electrons. The number of para-hydroxylation sites is 1. The molecular formula is C23H18ClF3N4O. The summed E-state index contributed by atoms with van der Waals surface area (Å²) in [5, 5.41) is 4.39. The van der Waals surface area contributed by atoms with Crippen molar-refractivity contribution in [2.24, 2.45) is 0 Å². The Balaban J connectivity index is 1.83. The van der Waals surface area contributed by atoms with Gasteiger partial charge in [-0.2, -0.15) is 13.2 Å². The molecule has 2 aromatic carbocycles. The molecule has 0 bridgehead atoms. The summed E-state index contributed by atoms with van der Waals surface area (Å²) in [7, 11) is 0. The maximum absolute atomic E-state index is 13.4. The molecule has 0 spiro atoms. The number of pyridine rings is 1. The maximum atomic E-state index is 13.4. The van der Waals surface area contributed by atoms with Crippen molar-refractivity contribution in [1.29, 1.82) is 0 Å². The minimum atomic E-state index is -4.53. The van der Waals surface area contributed by atoms with Crippen molar-refractivity contribution in [3.8, 4) is 5.69 Å². The molecule has 9 heteroatoms. The minimum absolute atomic E-state index is 0.0289. The Morgan fingerprint density at radius 2 is 1.81 bits per heavy atom. The van der Waals surface area contributed by atoms with E-state index in [1.165, 1.54) is 11.5 Å². The van der Waals surface area contributed by atoms with Crippen LogP contribution in [0, 0.1) is 6.92 Å². The van der Waals surface area contributed by atoms with Gasteiger partial charge in [-0.1, -0.05) is 41.9 Å². The molecule has 0 aliphatic rings. The summed E-state index contributed by atoms with van der Waals surface area (Å²) in [6.45, 7) is 3.05. The highest BCUT2D eigenvalue weighted by Gasteiger charge is 2.33. The number of hydrogen-bond acceptors (Lipinski definition) is 4. The van der Waals surface area contributed by atoms with Crippen LogP contribution in [0.2, 0.25) is 5.02 Å². The Hall–Kier alpha value is -3.39. The van der Waals surface area contributed by atoms with Crippen LogP contribution in [0.4, 0.5) is 19.1 Å². The average Bonchev–Trinajstić information content (AvgIpc) is 2.73. The first kappa shape index (κ1) is 21.8. The van der Waals surface area contributed by atoms with Crippen LogP contribution in [-0.4, -0.2) is 14.5 Å². The standard InChI is InChI=1S/C23H18ClF3N4O/c1-13-17(23(25,26)27)12-28-22(29-13)30-14(2)19-11-15-7-6-10-18(24)20(15)21(32)31(19)16-8-4-3-5-9-16/h3-12,14H,1-2H3,(H,28,29,30)/t14-/m0/s1. The van der Waals surface area contributed by atoms with Gasteiger partial charge in [0.25, 0.3) is 5.56 Å². The molecular weight excluding hydrogens is 441 g/mol. The number of aryl methyl sites for hydroxylation is 1. The third-order valence-electron chi connectivity index (χ3n) is 5.11. The molecule has 4 aromatic rings. The summed E-state index contributed by atoms with van der Waals surface area (Å²) in [4.78, 5) is 21.2. The largest absolute Gasteiger partial charge is 0.419 e. The molecule has 1 atom stereocenters. The fourth-order valence-electron chi connectivity index (χ4n) is 3.58. The van der Waals surface area contributed by atoms with Gasteiger partial charge in [0, 0.05) is 17.6 Å². The number of aromatic nitrogens is 3. The molecule has 0 saturated heterocycles. The number of rotatable bonds is 4. The highest BCUT2D eigenvalue weighted by molar-refractivity contribution is 6.35. The third kappa shape index (κ3) is 4.05. The van der Waals surface area contributed by atoms with Crippen LogP contribution in [0.1, 0.15) is 29.9 Å². The van der Waals surface area contributed by atoms with E-state index in [0.29, 0.717) is 27.2 Å². The van der Waals surface area contributed by atoms with E-state index in [1.807, 2.05) is 24.3 Å². The second-order valence-electron chi connectivity index (χ2n) is 7.31. The highest BCUT2D eigenvalue weighted by atomic mass is 35.5. The summed E-state index contributed by atoms with van der Waals surface area (Å²) in [5.74, 6) is 0.0289. The zero-order chi connectivity index (χ0) is 23.0. The Bertz CT molecular complexity index is 1350. The molecule has 4 rings (SSSR count). The zero-order valence-electron chi connectivity index (χ0n) is 17.1. The molecule has 2 heterocycles. The molecule has 0 fully saturated rings. The van der Waals surface area contributed by atoms with Crippen LogP contribution in [-0.2, 0) is 6.18 Å². The quantitative estimate of drug-likeness (QED) is 0.411. The second kappa shape index (κ2) is 8.27. The number of alkyl halides is 3. The SMILES string of the molecule is Cc1nc(N[C@@H](C)c2cc3cccc(Cl)c3c(=O)n2-c2ccccc2)ncc1C(F)(F)F. The average molecular weight is 459 g/mol. The van der Waals surface area contributed by atoms with Crippen molar-refractivity contribution in [3.63, 3.8) is 0 Å². The Morgan fingerprint density at radius 3 is 2.47 bits per heavy atom. The smallest absolute Gasteiger partial charge is 0.346 e. The number of benzene rings is 2. The van der Waals surface area contributed by atoms with Gasteiger partial charge in [-0.15, -0.1) is 0 Å². The first-order valence-electron chi connectivity index (χ1n) is 9.74. The molecule has 0 amide bonds. The molecule has 0 aliphatic carbocycles. The molecule has 32 heavy (non-hydrogen) atoms. The number of nitrogens with one attached hydrogen (secondary N) is 1. The van der Waals surface area contributed by atoms with E-state index < -0.39 is 17.8 Å². The Morgan fingerprint density at radius 1 is 1.09 bits per heavy atom. The lowest BCUT2D eigenvalue weighted by molar-refractivity contribution is -0.138. The molecule has 0 saturated carbocycles. The van der Waals surface area contributed by atoms with Crippen LogP contribution in [0.3, 0.4) is 0 Å². The van der Waals surface area contributed by atoms with Crippen LogP contribution in [0.15, 0.2) is 65.6 Å². The Labute approximate surface area is 186 Å². The zero-order valence-corrected chi connectivity index (χ0v) is 17.9. The summed E-state index contributed by atoms with van der Waals surface area (Å²) in [6.07, 6.45) is -3.78. The van der Waals surface area contributed by atoms with E-state index >= 15 is 0 Å². The summed E-state index contributed by atoms with van der Waals surface area (Å²) >= 11 is 6.31. The maximum Gasteiger partial charge on any atom is 0.419 e. The van der Waals surface area contributed by atoms with Crippen molar-refractivity contribution < 1.29 is 13.2 Å². The van der Waals surface area contributed by atoms with Gasteiger partial charge in [-0.05, 0) is 43.5 Å². The molecule has 0 aliphatic heterocycles. The van der Waals surface area contributed by atoms with E-state index in [2.05, 4.69) is 15.3 Å². The van der Waals surface area contributed by atoms with Gasteiger partial charge in [0.05, 0.1) is 27.7 Å². The van der Waals surface area contributed by atoms with E-state index in [0.717, 1.165) is 6.20 Å². The molecule has 0 unspecified atom stereocenters. The van der Waals surface area contributed by atoms with E-state index in [-0.39, 0.29) is 17.2 Å². The van der Waals surface area contributed by atoms with Gasteiger partial charge >= 0.3 is 6.18 Å². The monoisotopic (exact) mass is 458 g/mol. The van der Waals surface area contributed by atoms with Crippen LogP contribution in [0.5, 0.6) is 0 Å². The predicted molar refractivity (Wildman–Crippen MR) is 118 cm³/mol. The van der Waals surface area contributed by atoms with Crippen LogP contribution in [0.25, 0.3) is 16.5 Å². The van der Waals surface area contributed by atoms with E-state index in [9.17, 15) is 18.0 Å². The minimum Gasteiger partial charge on any atom is -0.346 e. The van der Waals surface area contributed by atoms with Crippen molar-refractivity contribution in [3.05, 3.63) is 93.1 Å². The predicted octanol–water partition coefficient (Wildman–Crippen LogP) is 5.93. The molecule has 2 aromatic heterocycles. The lowest BCUT2D eigenvalue weighted by atomic mass is 10.1. The van der Waals surface area contributed by atoms with E-state index in [4.69, 9.17) is 11.6 Å². The van der Waals surface area contributed by atoms with Gasteiger partial charge in [0.2, 0.25) is 5.95 Å².